The molecule has 0 unspecified atom stereocenters. The molecule has 0 aromatic heterocycles. The summed E-state index contributed by atoms with van der Waals surface area (Å²) in [5.74, 6) is 0.823. The summed E-state index contributed by atoms with van der Waals surface area (Å²) >= 11 is 0. The van der Waals surface area contributed by atoms with Gasteiger partial charge in [0.1, 0.15) is 0 Å². The van der Waals surface area contributed by atoms with Crippen LogP contribution < -0.4 is 10.6 Å². The van der Waals surface area contributed by atoms with Crippen molar-refractivity contribution in [2.75, 3.05) is 20.2 Å². The van der Waals surface area contributed by atoms with Gasteiger partial charge in [-0.25, -0.2) is 0 Å². The van der Waals surface area contributed by atoms with Crippen LogP contribution in [0.25, 0.3) is 0 Å². The van der Waals surface area contributed by atoms with E-state index < -0.39 is 0 Å². The van der Waals surface area contributed by atoms with E-state index in [0.29, 0.717) is 6.61 Å². The Bertz CT molecular complexity index is 609. The van der Waals surface area contributed by atoms with Gasteiger partial charge in [-0.2, -0.15) is 0 Å². The quantitative estimate of drug-likeness (QED) is 0.579. The van der Waals surface area contributed by atoms with Gasteiger partial charge in [0.05, 0.1) is 6.61 Å². The van der Waals surface area contributed by atoms with Gasteiger partial charge in [-0.3, -0.25) is 4.99 Å². The Morgan fingerprint density at radius 3 is 2.29 bits per heavy atom. The summed E-state index contributed by atoms with van der Waals surface area (Å²) in [6.07, 6.45) is 0.980. The Kier molecular flexibility index (Phi) is 7.84. The van der Waals surface area contributed by atoms with Gasteiger partial charge < -0.3 is 15.4 Å². The summed E-state index contributed by atoms with van der Waals surface area (Å²) in [6.45, 7) is 5.03. The van der Waals surface area contributed by atoms with Crippen LogP contribution in [0.1, 0.15) is 23.6 Å². The lowest BCUT2D eigenvalue weighted by molar-refractivity contribution is 0.134. The zero-order valence-corrected chi connectivity index (χ0v) is 14.6. The van der Waals surface area contributed by atoms with E-state index >= 15 is 0 Å². The number of guanidine groups is 1. The second-order valence-corrected chi connectivity index (χ2v) is 5.54. The molecule has 0 aliphatic carbocycles. The molecule has 2 aromatic carbocycles. The zero-order chi connectivity index (χ0) is 17.0. The predicted molar refractivity (Wildman–Crippen MR) is 100 cm³/mol. The fraction of sp³-hybridized carbons (Fsp3) is 0.350. The third kappa shape index (κ3) is 6.42. The van der Waals surface area contributed by atoms with Crippen molar-refractivity contribution in [1.29, 1.82) is 0 Å². The number of aliphatic imine (C=N–C) groups is 1. The van der Waals surface area contributed by atoms with Crippen molar-refractivity contribution >= 4 is 5.96 Å². The SMILES string of the molecule is CCOCc1ccc(CNC(=NC)NCCc2ccccc2)cc1. The maximum atomic E-state index is 5.41. The smallest absolute Gasteiger partial charge is 0.191 e. The molecule has 0 radical (unpaired) electrons. The molecule has 0 bridgehead atoms. The molecule has 2 N–H and O–H groups in total. The maximum Gasteiger partial charge on any atom is 0.191 e. The lowest BCUT2D eigenvalue weighted by Crippen LogP contribution is -2.37. The number of benzene rings is 2. The van der Waals surface area contributed by atoms with Gasteiger partial charge in [-0.1, -0.05) is 54.6 Å². The number of ether oxygens (including phenoxy) is 1. The fourth-order valence-electron chi connectivity index (χ4n) is 2.35. The molecule has 0 atom stereocenters. The number of rotatable bonds is 8. The standard InChI is InChI=1S/C20H27N3O/c1-3-24-16-19-11-9-18(10-12-19)15-23-20(21-2)22-14-13-17-7-5-4-6-8-17/h4-12H,3,13-16H2,1-2H3,(H2,21,22,23). The van der Waals surface area contributed by atoms with E-state index in [4.69, 9.17) is 4.74 Å². The monoisotopic (exact) mass is 325 g/mol. The third-order valence-electron chi connectivity index (χ3n) is 3.73. The lowest BCUT2D eigenvalue weighted by atomic mass is 10.1. The highest BCUT2D eigenvalue weighted by atomic mass is 16.5. The molecule has 2 rings (SSSR count). The summed E-state index contributed by atoms with van der Waals surface area (Å²) in [6, 6.07) is 18.9. The van der Waals surface area contributed by atoms with Crippen LogP contribution >= 0.6 is 0 Å². The highest BCUT2D eigenvalue weighted by Gasteiger charge is 1.99. The maximum absolute atomic E-state index is 5.41. The van der Waals surface area contributed by atoms with E-state index in [0.717, 1.165) is 32.1 Å². The van der Waals surface area contributed by atoms with Gasteiger partial charge in [0.15, 0.2) is 5.96 Å². The van der Waals surface area contributed by atoms with Gasteiger partial charge in [0.2, 0.25) is 0 Å². The van der Waals surface area contributed by atoms with E-state index in [1.807, 2.05) is 13.0 Å². The Morgan fingerprint density at radius 2 is 1.62 bits per heavy atom. The van der Waals surface area contributed by atoms with E-state index in [1.54, 1.807) is 7.05 Å². The van der Waals surface area contributed by atoms with Gasteiger partial charge in [-0.15, -0.1) is 0 Å². The first-order valence-electron chi connectivity index (χ1n) is 8.46. The summed E-state index contributed by atoms with van der Waals surface area (Å²) in [4.78, 5) is 4.27. The first kappa shape index (κ1) is 18.0. The number of nitrogens with one attached hydrogen (secondary N) is 2. The third-order valence-corrected chi connectivity index (χ3v) is 3.73. The molecule has 0 saturated carbocycles. The Hall–Kier alpha value is -2.33. The predicted octanol–water partition coefficient (Wildman–Crippen LogP) is 3.13. The molecular formula is C20H27N3O. The van der Waals surface area contributed by atoms with Crippen LogP contribution in [0.5, 0.6) is 0 Å². The lowest BCUT2D eigenvalue weighted by Gasteiger charge is -2.12. The highest BCUT2D eigenvalue weighted by Crippen LogP contribution is 2.05. The van der Waals surface area contributed by atoms with Crippen LogP contribution in [-0.4, -0.2) is 26.2 Å². The molecule has 0 saturated heterocycles. The second-order valence-electron chi connectivity index (χ2n) is 5.54. The van der Waals surface area contributed by atoms with Gasteiger partial charge >= 0.3 is 0 Å². The van der Waals surface area contributed by atoms with E-state index in [1.165, 1.54) is 16.7 Å². The van der Waals surface area contributed by atoms with Gasteiger partial charge in [-0.05, 0) is 30.0 Å². The second kappa shape index (κ2) is 10.4. The molecule has 2 aromatic rings. The van der Waals surface area contributed by atoms with Crippen LogP contribution in [-0.2, 0) is 24.3 Å². The molecule has 0 amide bonds. The van der Waals surface area contributed by atoms with Crippen molar-refractivity contribution in [3.63, 3.8) is 0 Å². The van der Waals surface area contributed by atoms with Crippen molar-refractivity contribution in [3.8, 4) is 0 Å². The zero-order valence-electron chi connectivity index (χ0n) is 14.6. The Morgan fingerprint density at radius 1 is 0.917 bits per heavy atom. The Labute approximate surface area is 145 Å². The molecule has 0 aliphatic rings. The van der Waals surface area contributed by atoms with Crippen LogP contribution in [0.4, 0.5) is 0 Å². The average molecular weight is 325 g/mol. The van der Waals surface area contributed by atoms with E-state index in [9.17, 15) is 0 Å². The first-order valence-corrected chi connectivity index (χ1v) is 8.46. The van der Waals surface area contributed by atoms with Crippen LogP contribution in [0.2, 0.25) is 0 Å². The largest absolute Gasteiger partial charge is 0.377 e. The average Bonchev–Trinajstić information content (AvgIpc) is 2.64. The number of nitrogens with zero attached hydrogens (tertiary/aromatic N) is 1. The van der Waals surface area contributed by atoms with Crippen LogP contribution in [0.15, 0.2) is 59.6 Å². The molecule has 0 heterocycles. The minimum atomic E-state index is 0.674. The Balaban J connectivity index is 1.73. The normalized spacial score (nSPS) is 11.3. The molecule has 4 nitrogen and oxygen atoms in total. The molecule has 0 fully saturated rings. The van der Waals surface area contributed by atoms with E-state index in [2.05, 4.69) is 64.2 Å². The van der Waals surface area contributed by atoms with Crippen LogP contribution in [0.3, 0.4) is 0 Å². The highest BCUT2D eigenvalue weighted by molar-refractivity contribution is 5.79. The molecule has 128 valence electrons. The summed E-state index contributed by atoms with van der Waals surface area (Å²) in [5, 5.41) is 6.69. The van der Waals surface area contributed by atoms with Crippen molar-refractivity contribution < 1.29 is 4.74 Å². The minimum absolute atomic E-state index is 0.674. The topological polar surface area (TPSA) is 45.6 Å². The van der Waals surface area contributed by atoms with E-state index in [-0.39, 0.29) is 0 Å². The minimum Gasteiger partial charge on any atom is -0.377 e. The number of hydrogen-bond acceptors (Lipinski definition) is 2. The van der Waals surface area contributed by atoms with Crippen molar-refractivity contribution in [3.05, 3.63) is 71.3 Å². The summed E-state index contributed by atoms with van der Waals surface area (Å²) in [7, 11) is 1.79. The molecule has 4 heteroatoms. The van der Waals surface area contributed by atoms with Crippen LogP contribution in [0, 0.1) is 0 Å². The number of hydrogen-bond donors (Lipinski definition) is 2. The van der Waals surface area contributed by atoms with Gasteiger partial charge in [0, 0.05) is 26.7 Å². The molecular weight excluding hydrogens is 298 g/mol. The fourth-order valence-corrected chi connectivity index (χ4v) is 2.35. The molecule has 0 spiro atoms. The molecule has 0 aliphatic heterocycles. The van der Waals surface area contributed by atoms with Crippen molar-refractivity contribution in [2.24, 2.45) is 4.99 Å². The van der Waals surface area contributed by atoms with Crippen molar-refractivity contribution in [2.45, 2.75) is 26.5 Å². The van der Waals surface area contributed by atoms with Crippen molar-refractivity contribution in [1.82, 2.24) is 10.6 Å². The van der Waals surface area contributed by atoms with Gasteiger partial charge in [0.25, 0.3) is 0 Å². The first-order chi connectivity index (χ1) is 11.8. The summed E-state index contributed by atoms with van der Waals surface area (Å²) in [5.41, 5.74) is 3.75. The molecule has 24 heavy (non-hydrogen) atoms. The summed E-state index contributed by atoms with van der Waals surface area (Å²) < 4.78 is 5.41.